The second-order valence-electron chi connectivity index (χ2n) is 4.19. The molecule has 0 aliphatic heterocycles. The lowest BCUT2D eigenvalue weighted by Gasteiger charge is -2.16. The molecule has 0 bridgehead atoms. The Labute approximate surface area is 136 Å². The summed E-state index contributed by atoms with van der Waals surface area (Å²) < 4.78 is 16.2. The summed E-state index contributed by atoms with van der Waals surface area (Å²) >= 11 is 10.0. The van der Waals surface area contributed by atoms with Gasteiger partial charge in [-0.1, -0.05) is 53.9 Å². The van der Waals surface area contributed by atoms with Crippen LogP contribution in [0.4, 0.5) is 4.39 Å². The summed E-state index contributed by atoms with van der Waals surface area (Å²) in [6.45, 7) is 1.95. The Bertz CT molecular complexity index is 628. The van der Waals surface area contributed by atoms with Crippen LogP contribution in [0.3, 0.4) is 0 Å². The molecule has 0 heterocycles. The van der Waals surface area contributed by atoms with Crippen LogP contribution in [0.5, 0.6) is 0 Å². The zero-order valence-corrected chi connectivity index (χ0v) is 14.7. The van der Waals surface area contributed by atoms with E-state index in [1.165, 1.54) is 6.07 Å². The largest absolute Gasteiger partial charge is 0.384 e. The SMILES string of the molecule is Cc1cc(Br)c(C(O)c2ccc(Br)cc2F)cc1Br. The van der Waals surface area contributed by atoms with Crippen LogP contribution in [0.1, 0.15) is 22.8 Å². The van der Waals surface area contributed by atoms with Gasteiger partial charge in [0.2, 0.25) is 0 Å². The molecule has 1 N–H and O–H groups in total. The molecule has 0 aliphatic carbocycles. The zero-order chi connectivity index (χ0) is 14.2. The first kappa shape index (κ1) is 15.2. The van der Waals surface area contributed by atoms with Gasteiger partial charge >= 0.3 is 0 Å². The third-order valence-electron chi connectivity index (χ3n) is 2.83. The summed E-state index contributed by atoms with van der Waals surface area (Å²) in [6, 6.07) is 8.31. The van der Waals surface area contributed by atoms with E-state index >= 15 is 0 Å². The Kier molecular flexibility index (Phi) is 4.82. The number of benzene rings is 2. The molecule has 1 unspecified atom stereocenters. The van der Waals surface area contributed by atoms with E-state index in [2.05, 4.69) is 47.8 Å². The predicted molar refractivity (Wildman–Crippen MR) is 84.7 cm³/mol. The minimum absolute atomic E-state index is 0.250. The van der Waals surface area contributed by atoms with E-state index < -0.39 is 11.9 Å². The molecule has 0 radical (unpaired) electrons. The maximum absolute atomic E-state index is 13.9. The van der Waals surface area contributed by atoms with Crippen molar-refractivity contribution >= 4 is 47.8 Å². The summed E-state index contributed by atoms with van der Waals surface area (Å²) in [7, 11) is 0. The lowest BCUT2D eigenvalue weighted by Crippen LogP contribution is -2.04. The van der Waals surface area contributed by atoms with Gasteiger partial charge < -0.3 is 5.11 Å². The van der Waals surface area contributed by atoms with Gasteiger partial charge in [-0.2, -0.15) is 0 Å². The average Bonchev–Trinajstić information content (AvgIpc) is 2.33. The highest BCUT2D eigenvalue weighted by Gasteiger charge is 2.18. The van der Waals surface area contributed by atoms with E-state index in [4.69, 9.17) is 0 Å². The number of hydrogen-bond donors (Lipinski definition) is 1. The molecule has 2 aromatic carbocycles. The Morgan fingerprint density at radius 3 is 2.32 bits per heavy atom. The topological polar surface area (TPSA) is 20.2 Å². The first-order valence-electron chi connectivity index (χ1n) is 5.48. The van der Waals surface area contributed by atoms with Crippen LogP contribution in [0.15, 0.2) is 43.7 Å². The van der Waals surface area contributed by atoms with E-state index in [0.29, 0.717) is 10.0 Å². The fraction of sp³-hybridized carbons (Fsp3) is 0.143. The van der Waals surface area contributed by atoms with Gasteiger partial charge in [0.25, 0.3) is 0 Å². The number of aliphatic hydroxyl groups excluding tert-OH is 1. The molecule has 0 fully saturated rings. The summed E-state index contributed by atoms with van der Waals surface area (Å²) in [5.74, 6) is -0.439. The number of rotatable bonds is 2. The number of hydrogen-bond acceptors (Lipinski definition) is 1. The minimum Gasteiger partial charge on any atom is -0.384 e. The van der Waals surface area contributed by atoms with Crippen LogP contribution >= 0.6 is 47.8 Å². The third kappa shape index (κ3) is 3.27. The summed E-state index contributed by atoms with van der Waals surface area (Å²) in [5.41, 5.74) is 1.91. The van der Waals surface area contributed by atoms with Crippen LogP contribution in [-0.2, 0) is 0 Å². The smallest absolute Gasteiger partial charge is 0.130 e. The van der Waals surface area contributed by atoms with Crippen LogP contribution in [-0.4, -0.2) is 5.11 Å². The van der Waals surface area contributed by atoms with Crippen LogP contribution in [0.2, 0.25) is 0 Å². The molecule has 5 heteroatoms. The fourth-order valence-corrected chi connectivity index (χ4v) is 3.13. The monoisotopic (exact) mass is 450 g/mol. The molecule has 0 aliphatic rings. The lowest BCUT2D eigenvalue weighted by molar-refractivity contribution is 0.214. The number of aryl methyl sites for hydroxylation is 1. The molecular formula is C14H10Br3FO. The van der Waals surface area contributed by atoms with Crippen molar-refractivity contribution in [2.45, 2.75) is 13.0 Å². The lowest BCUT2D eigenvalue weighted by atomic mass is 10.00. The van der Waals surface area contributed by atoms with Crippen molar-refractivity contribution in [1.82, 2.24) is 0 Å². The van der Waals surface area contributed by atoms with E-state index in [1.54, 1.807) is 18.2 Å². The predicted octanol–water partition coefficient (Wildman–Crippen LogP) is 5.50. The Morgan fingerprint density at radius 2 is 1.68 bits per heavy atom. The van der Waals surface area contributed by atoms with Crippen molar-refractivity contribution in [3.8, 4) is 0 Å². The minimum atomic E-state index is -1.01. The molecular weight excluding hydrogens is 443 g/mol. The van der Waals surface area contributed by atoms with Crippen molar-refractivity contribution in [1.29, 1.82) is 0 Å². The quantitative estimate of drug-likeness (QED) is 0.637. The van der Waals surface area contributed by atoms with Gasteiger partial charge in [0.15, 0.2) is 0 Å². The van der Waals surface area contributed by atoms with Crippen molar-refractivity contribution in [3.63, 3.8) is 0 Å². The van der Waals surface area contributed by atoms with Gasteiger partial charge in [0, 0.05) is 24.5 Å². The molecule has 1 atom stereocenters. The first-order chi connectivity index (χ1) is 8.90. The van der Waals surface area contributed by atoms with E-state index in [-0.39, 0.29) is 5.56 Å². The molecule has 0 aromatic heterocycles. The molecule has 19 heavy (non-hydrogen) atoms. The average molecular weight is 453 g/mol. The Hall–Kier alpha value is -0.230. The Morgan fingerprint density at radius 1 is 1.00 bits per heavy atom. The summed E-state index contributed by atoms with van der Waals surface area (Å²) in [5, 5.41) is 10.4. The molecule has 1 nitrogen and oxygen atoms in total. The van der Waals surface area contributed by atoms with Crippen LogP contribution in [0.25, 0.3) is 0 Å². The maximum atomic E-state index is 13.9. The highest BCUT2D eigenvalue weighted by atomic mass is 79.9. The van der Waals surface area contributed by atoms with Gasteiger partial charge in [-0.3, -0.25) is 0 Å². The van der Waals surface area contributed by atoms with Gasteiger partial charge in [0.05, 0.1) is 0 Å². The molecule has 0 spiro atoms. The van der Waals surface area contributed by atoms with E-state index in [9.17, 15) is 9.50 Å². The second-order valence-corrected chi connectivity index (χ2v) is 6.82. The molecule has 2 aromatic rings. The van der Waals surface area contributed by atoms with Gasteiger partial charge in [-0.05, 0) is 36.8 Å². The molecule has 2 rings (SSSR count). The van der Waals surface area contributed by atoms with Gasteiger partial charge in [-0.15, -0.1) is 0 Å². The normalized spacial score (nSPS) is 12.5. The van der Waals surface area contributed by atoms with Crippen molar-refractivity contribution in [2.24, 2.45) is 0 Å². The molecule has 100 valence electrons. The number of aliphatic hydroxyl groups is 1. The third-order valence-corrected chi connectivity index (χ3v) is 4.86. The fourth-order valence-electron chi connectivity index (χ4n) is 1.76. The van der Waals surface area contributed by atoms with Gasteiger partial charge in [0.1, 0.15) is 11.9 Å². The number of halogens is 4. The Balaban J connectivity index is 2.49. The highest BCUT2D eigenvalue weighted by Crippen LogP contribution is 2.34. The summed E-state index contributed by atoms with van der Waals surface area (Å²) in [4.78, 5) is 0. The van der Waals surface area contributed by atoms with Crippen molar-refractivity contribution in [3.05, 3.63) is 66.3 Å². The maximum Gasteiger partial charge on any atom is 0.130 e. The molecule has 0 saturated carbocycles. The van der Waals surface area contributed by atoms with E-state index in [1.807, 2.05) is 13.0 Å². The zero-order valence-electron chi connectivity index (χ0n) is 9.92. The van der Waals surface area contributed by atoms with Crippen molar-refractivity contribution in [2.75, 3.05) is 0 Å². The molecule has 0 saturated heterocycles. The van der Waals surface area contributed by atoms with Crippen LogP contribution in [0, 0.1) is 12.7 Å². The standard InChI is InChI=1S/C14H10Br3FO/c1-7-4-12(17)10(6-11(7)16)14(19)9-3-2-8(15)5-13(9)18/h2-6,14,19H,1H3. The first-order valence-corrected chi connectivity index (χ1v) is 7.86. The van der Waals surface area contributed by atoms with Crippen molar-refractivity contribution < 1.29 is 9.50 Å². The van der Waals surface area contributed by atoms with Gasteiger partial charge in [-0.25, -0.2) is 4.39 Å². The highest BCUT2D eigenvalue weighted by molar-refractivity contribution is 9.11. The summed E-state index contributed by atoms with van der Waals surface area (Å²) in [6.07, 6.45) is -1.01. The van der Waals surface area contributed by atoms with E-state index in [0.717, 1.165) is 14.5 Å². The second kappa shape index (κ2) is 6.04. The van der Waals surface area contributed by atoms with Crippen LogP contribution < -0.4 is 0 Å². The molecule has 0 amide bonds.